The highest BCUT2D eigenvalue weighted by molar-refractivity contribution is 9.10. The van der Waals surface area contributed by atoms with E-state index < -0.39 is 49.4 Å². The van der Waals surface area contributed by atoms with E-state index in [0.717, 1.165) is 0 Å². The van der Waals surface area contributed by atoms with Gasteiger partial charge in [0.1, 0.15) is 10.8 Å². The number of nitrogens with zero attached hydrogens (tertiary/aromatic N) is 2. The predicted octanol–water partition coefficient (Wildman–Crippen LogP) is 5.34. The second kappa shape index (κ2) is 6.23. The van der Waals surface area contributed by atoms with Gasteiger partial charge in [-0.05, 0) is 28.1 Å². The van der Waals surface area contributed by atoms with E-state index in [1.54, 1.807) is 0 Å². The third kappa shape index (κ3) is 3.55. The van der Waals surface area contributed by atoms with Crippen LogP contribution >= 0.6 is 39.1 Å². The zero-order valence-corrected chi connectivity index (χ0v) is 14.0. The summed E-state index contributed by atoms with van der Waals surface area (Å²) in [6.07, 6.45) is -9.16. The first kappa shape index (κ1) is 19.1. The zero-order valence-electron chi connectivity index (χ0n) is 10.9. The summed E-state index contributed by atoms with van der Waals surface area (Å²) in [4.78, 5) is 15.2. The number of hydrogen-bond acceptors (Lipinski definition) is 2. The second-order valence-electron chi connectivity index (χ2n) is 4.37. The SMILES string of the molecule is O=c1c(Br)c(C(F)(F)F)ncn1-c1c(Cl)cc(C(F)(F)F)cc1Cl. The minimum Gasteiger partial charge on any atom is -0.268 e. The van der Waals surface area contributed by atoms with Gasteiger partial charge in [0.25, 0.3) is 5.56 Å². The molecule has 24 heavy (non-hydrogen) atoms. The summed E-state index contributed by atoms with van der Waals surface area (Å²) in [5.74, 6) is 0. The number of alkyl halides is 6. The molecule has 0 aliphatic heterocycles. The van der Waals surface area contributed by atoms with E-state index >= 15 is 0 Å². The van der Waals surface area contributed by atoms with Gasteiger partial charge in [-0.3, -0.25) is 9.36 Å². The van der Waals surface area contributed by atoms with Gasteiger partial charge in [0.15, 0.2) is 5.69 Å². The highest BCUT2D eigenvalue weighted by atomic mass is 79.9. The molecule has 0 N–H and O–H groups in total. The Morgan fingerprint density at radius 2 is 1.50 bits per heavy atom. The van der Waals surface area contributed by atoms with E-state index in [-0.39, 0.29) is 0 Å². The van der Waals surface area contributed by atoms with E-state index in [1.165, 1.54) is 0 Å². The Morgan fingerprint density at radius 3 is 1.92 bits per heavy atom. The van der Waals surface area contributed by atoms with Crippen LogP contribution in [0.15, 0.2) is 27.7 Å². The van der Waals surface area contributed by atoms with Gasteiger partial charge in [0, 0.05) is 0 Å². The van der Waals surface area contributed by atoms with Crippen LogP contribution in [0.3, 0.4) is 0 Å². The average Bonchev–Trinajstić information content (AvgIpc) is 2.40. The van der Waals surface area contributed by atoms with Crippen LogP contribution in [0, 0.1) is 0 Å². The van der Waals surface area contributed by atoms with Gasteiger partial charge in [0.2, 0.25) is 0 Å². The van der Waals surface area contributed by atoms with Crippen LogP contribution in [0.25, 0.3) is 5.69 Å². The lowest BCUT2D eigenvalue weighted by atomic mass is 10.2. The monoisotopic (exact) mass is 454 g/mol. The van der Waals surface area contributed by atoms with E-state index in [4.69, 9.17) is 23.2 Å². The van der Waals surface area contributed by atoms with Crippen molar-refractivity contribution in [1.82, 2.24) is 9.55 Å². The lowest BCUT2D eigenvalue weighted by Crippen LogP contribution is -2.25. The van der Waals surface area contributed by atoms with Crippen molar-refractivity contribution in [3.05, 3.63) is 54.6 Å². The fourth-order valence-electron chi connectivity index (χ4n) is 1.75. The van der Waals surface area contributed by atoms with Crippen LogP contribution in [0.1, 0.15) is 11.3 Å². The first-order valence-corrected chi connectivity index (χ1v) is 7.30. The first-order valence-electron chi connectivity index (χ1n) is 5.75. The Kier molecular flexibility index (Phi) is 4.95. The van der Waals surface area contributed by atoms with Crippen molar-refractivity contribution in [1.29, 1.82) is 0 Å². The van der Waals surface area contributed by atoms with Crippen LogP contribution < -0.4 is 5.56 Å². The first-order chi connectivity index (χ1) is 10.8. The Hall–Kier alpha value is -1.26. The molecule has 0 atom stereocenters. The maximum Gasteiger partial charge on any atom is 0.434 e. The zero-order chi connectivity index (χ0) is 18.4. The molecule has 0 spiro atoms. The Morgan fingerprint density at radius 1 is 1.00 bits per heavy atom. The molecule has 1 aromatic carbocycles. The molecule has 2 rings (SSSR count). The van der Waals surface area contributed by atoms with Gasteiger partial charge in [-0.25, -0.2) is 4.98 Å². The molecule has 0 saturated heterocycles. The molecule has 0 fully saturated rings. The van der Waals surface area contributed by atoms with E-state index in [2.05, 4.69) is 20.9 Å². The fraction of sp³-hybridized carbons (Fsp3) is 0.167. The van der Waals surface area contributed by atoms with Crippen LogP contribution in [-0.4, -0.2) is 9.55 Å². The summed E-state index contributed by atoms with van der Waals surface area (Å²) in [6.45, 7) is 0. The molecule has 1 heterocycles. The molecule has 0 saturated carbocycles. The molecule has 3 nitrogen and oxygen atoms in total. The summed E-state index contributed by atoms with van der Waals surface area (Å²) in [5.41, 5.74) is -4.31. The van der Waals surface area contributed by atoms with Crippen molar-refractivity contribution in [3.63, 3.8) is 0 Å². The summed E-state index contributed by atoms with van der Waals surface area (Å²) in [7, 11) is 0. The van der Waals surface area contributed by atoms with Crippen LogP contribution in [0.5, 0.6) is 0 Å². The van der Waals surface area contributed by atoms with Crippen molar-refractivity contribution in [3.8, 4) is 5.69 Å². The number of hydrogen-bond donors (Lipinski definition) is 0. The number of rotatable bonds is 1. The summed E-state index contributed by atoms with van der Waals surface area (Å²) in [5, 5.41) is -1.16. The molecule has 0 bridgehead atoms. The van der Waals surface area contributed by atoms with Gasteiger partial charge in [-0.2, -0.15) is 26.3 Å². The van der Waals surface area contributed by atoms with Gasteiger partial charge < -0.3 is 0 Å². The van der Waals surface area contributed by atoms with Crippen molar-refractivity contribution in [2.45, 2.75) is 12.4 Å². The smallest absolute Gasteiger partial charge is 0.268 e. The molecule has 0 aliphatic carbocycles. The topological polar surface area (TPSA) is 34.9 Å². The molecule has 12 heteroatoms. The van der Waals surface area contributed by atoms with Crippen LogP contribution in [0.4, 0.5) is 26.3 Å². The van der Waals surface area contributed by atoms with E-state index in [9.17, 15) is 31.1 Å². The largest absolute Gasteiger partial charge is 0.434 e. The van der Waals surface area contributed by atoms with Crippen molar-refractivity contribution >= 4 is 39.1 Å². The maximum atomic E-state index is 12.7. The normalized spacial score (nSPS) is 12.5. The number of aromatic nitrogens is 2. The standard InChI is InChI=1S/C12H3BrCl2F6N2O/c13-7-9(12(19,20)21)22-3-23(10(7)24)8-5(14)1-4(2-6(8)15)11(16,17)18/h1-3H. The van der Waals surface area contributed by atoms with Crippen molar-refractivity contribution in [2.75, 3.05) is 0 Å². The third-order valence-electron chi connectivity index (χ3n) is 2.77. The predicted molar refractivity (Wildman–Crippen MR) is 77.6 cm³/mol. The molecular weight excluding hydrogens is 453 g/mol. The molecule has 0 amide bonds. The lowest BCUT2D eigenvalue weighted by Gasteiger charge is -2.15. The highest BCUT2D eigenvalue weighted by Crippen LogP contribution is 2.37. The maximum absolute atomic E-state index is 12.7. The number of halogens is 9. The Balaban J connectivity index is 2.71. The van der Waals surface area contributed by atoms with Gasteiger partial charge >= 0.3 is 12.4 Å². The highest BCUT2D eigenvalue weighted by Gasteiger charge is 2.37. The quantitative estimate of drug-likeness (QED) is 0.544. The molecule has 0 aliphatic rings. The minimum absolute atomic E-state index is 0.418. The van der Waals surface area contributed by atoms with Crippen LogP contribution in [0.2, 0.25) is 10.0 Å². The Bertz CT molecular complexity index is 839. The molecular formula is C12H3BrCl2F6N2O. The van der Waals surface area contributed by atoms with Gasteiger partial charge in [0.05, 0.1) is 21.3 Å². The third-order valence-corrected chi connectivity index (χ3v) is 4.06. The molecule has 130 valence electrons. The molecule has 0 radical (unpaired) electrons. The number of benzene rings is 1. The second-order valence-corrected chi connectivity index (χ2v) is 5.97. The van der Waals surface area contributed by atoms with Crippen molar-refractivity contribution in [2.24, 2.45) is 0 Å². The lowest BCUT2D eigenvalue weighted by molar-refractivity contribution is -0.142. The summed E-state index contributed by atoms with van der Waals surface area (Å²) >= 11 is 13.9. The van der Waals surface area contributed by atoms with Gasteiger partial charge in [-0.1, -0.05) is 23.2 Å². The molecule has 0 unspecified atom stereocenters. The fourth-order valence-corrected chi connectivity index (χ4v) is 2.94. The van der Waals surface area contributed by atoms with E-state index in [1.807, 2.05) is 0 Å². The van der Waals surface area contributed by atoms with Crippen molar-refractivity contribution < 1.29 is 26.3 Å². The van der Waals surface area contributed by atoms with Crippen LogP contribution in [-0.2, 0) is 12.4 Å². The van der Waals surface area contributed by atoms with E-state index in [0.29, 0.717) is 23.0 Å². The summed E-state index contributed by atoms with van der Waals surface area (Å²) in [6, 6.07) is 1.00. The summed E-state index contributed by atoms with van der Waals surface area (Å²) < 4.78 is 75.7. The van der Waals surface area contributed by atoms with Gasteiger partial charge in [-0.15, -0.1) is 0 Å². The molecule has 2 aromatic rings. The molecule has 1 aromatic heterocycles. The average molecular weight is 456 g/mol. The Labute approximate surface area is 147 Å². The minimum atomic E-state index is -4.90.